The summed E-state index contributed by atoms with van der Waals surface area (Å²) in [4.78, 5) is 0. The van der Waals surface area contributed by atoms with Crippen LogP contribution in [0.2, 0.25) is 0 Å². The highest BCUT2D eigenvalue weighted by Gasteiger charge is 2.31. The molecular weight excluding hydrogens is 387 g/mol. The zero-order valence-corrected chi connectivity index (χ0v) is 15.8. The molecule has 0 spiro atoms. The van der Waals surface area contributed by atoms with Crippen molar-refractivity contribution in [3.8, 4) is 5.75 Å². The monoisotopic (exact) mass is 414 g/mol. The molecule has 0 saturated carbocycles. The molecule has 1 unspecified atom stereocenters. The Kier molecular flexibility index (Phi) is 10.1. The zero-order chi connectivity index (χ0) is 21.3. The minimum absolute atomic E-state index is 0.00340. The van der Waals surface area contributed by atoms with Crippen LogP contribution in [0, 0.1) is 35.0 Å². The van der Waals surface area contributed by atoms with E-state index in [4.69, 9.17) is 0 Å². The minimum atomic E-state index is -2.92. The van der Waals surface area contributed by atoms with Gasteiger partial charge in [0, 0.05) is 5.92 Å². The molecule has 1 aromatic rings. The summed E-state index contributed by atoms with van der Waals surface area (Å²) in [6, 6.07) is 0. The van der Waals surface area contributed by atoms with Crippen molar-refractivity contribution in [3.05, 3.63) is 29.1 Å². The standard InChI is InChI=1S/C19H27F5O4/c1-2-3-4-5-6-7-9-12(19(25,26)27)10-8-11-28-18-16(23)14(21)13(20)15(22)17(18)24/h12,25-27H,2-11H2,1H3. The molecule has 0 bridgehead atoms. The Hall–Kier alpha value is -1.45. The highest BCUT2D eigenvalue weighted by atomic mass is 19.2. The van der Waals surface area contributed by atoms with Crippen LogP contribution < -0.4 is 4.74 Å². The van der Waals surface area contributed by atoms with E-state index in [1.54, 1.807) is 0 Å². The van der Waals surface area contributed by atoms with E-state index in [0.29, 0.717) is 12.8 Å². The van der Waals surface area contributed by atoms with E-state index in [9.17, 15) is 37.3 Å². The molecule has 0 aliphatic carbocycles. The maximum atomic E-state index is 13.5. The summed E-state index contributed by atoms with van der Waals surface area (Å²) in [7, 11) is 0. The molecule has 0 radical (unpaired) electrons. The minimum Gasteiger partial charge on any atom is -0.487 e. The quantitative estimate of drug-likeness (QED) is 0.146. The van der Waals surface area contributed by atoms with Gasteiger partial charge in [-0.1, -0.05) is 45.4 Å². The van der Waals surface area contributed by atoms with Gasteiger partial charge in [0.1, 0.15) is 0 Å². The van der Waals surface area contributed by atoms with Crippen LogP contribution in [0.3, 0.4) is 0 Å². The Balaban J connectivity index is 2.53. The summed E-state index contributed by atoms with van der Waals surface area (Å²) in [5.74, 6) is -15.8. The molecule has 0 aliphatic heterocycles. The number of ether oxygens (including phenoxy) is 1. The summed E-state index contributed by atoms with van der Waals surface area (Å²) in [6.07, 6.45) is 6.10. The number of rotatable bonds is 13. The maximum Gasteiger partial charge on any atom is 0.278 e. The fourth-order valence-electron chi connectivity index (χ4n) is 2.92. The van der Waals surface area contributed by atoms with Gasteiger partial charge in [-0.05, 0) is 19.3 Å². The van der Waals surface area contributed by atoms with E-state index in [2.05, 4.69) is 11.7 Å². The molecule has 9 heteroatoms. The Morgan fingerprint density at radius 1 is 0.714 bits per heavy atom. The van der Waals surface area contributed by atoms with Gasteiger partial charge >= 0.3 is 0 Å². The van der Waals surface area contributed by atoms with Gasteiger partial charge in [0.05, 0.1) is 6.61 Å². The molecule has 0 amide bonds. The molecule has 28 heavy (non-hydrogen) atoms. The summed E-state index contributed by atoms with van der Waals surface area (Å²) in [6.45, 7) is 1.66. The molecule has 0 aliphatic rings. The van der Waals surface area contributed by atoms with Crippen LogP contribution in [0.25, 0.3) is 0 Å². The molecule has 0 heterocycles. The van der Waals surface area contributed by atoms with Crippen molar-refractivity contribution in [2.24, 2.45) is 5.92 Å². The van der Waals surface area contributed by atoms with E-state index < -0.39 is 53.3 Å². The topological polar surface area (TPSA) is 69.9 Å². The number of aliphatic hydroxyl groups is 3. The summed E-state index contributed by atoms with van der Waals surface area (Å²) in [5, 5.41) is 28.3. The summed E-state index contributed by atoms with van der Waals surface area (Å²) >= 11 is 0. The van der Waals surface area contributed by atoms with Gasteiger partial charge in [0.15, 0.2) is 5.75 Å². The number of hydrogen-bond donors (Lipinski definition) is 3. The van der Waals surface area contributed by atoms with E-state index in [1.165, 1.54) is 0 Å². The van der Waals surface area contributed by atoms with Gasteiger partial charge in [-0.3, -0.25) is 0 Å². The first kappa shape index (κ1) is 24.6. The van der Waals surface area contributed by atoms with Gasteiger partial charge in [0.2, 0.25) is 29.1 Å². The van der Waals surface area contributed by atoms with Crippen molar-refractivity contribution in [2.45, 2.75) is 70.7 Å². The number of benzene rings is 1. The smallest absolute Gasteiger partial charge is 0.278 e. The fourth-order valence-corrected chi connectivity index (χ4v) is 2.92. The Morgan fingerprint density at radius 2 is 1.18 bits per heavy atom. The van der Waals surface area contributed by atoms with Crippen LogP contribution in [0.15, 0.2) is 0 Å². The van der Waals surface area contributed by atoms with Gasteiger partial charge in [-0.2, -0.15) is 8.78 Å². The Labute approximate surface area is 160 Å². The third-order valence-electron chi connectivity index (χ3n) is 4.57. The maximum absolute atomic E-state index is 13.5. The Morgan fingerprint density at radius 3 is 1.71 bits per heavy atom. The highest BCUT2D eigenvalue weighted by molar-refractivity contribution is 5.29. The lowest BCUT2D eigenvalue weighted by atomic mass is 9.93. The summed E-state index contributed by atoms with van der Waals surface area (Å²) in [5.41, 5.74) is 0. The van der Waals surface area contributed by atoms with Gasteiger partial charge in [0.25, 0.3) is 5.97 Å². The predicted molar refractivity (Wildman–Crippen MR) is 91.8 cm³/mol. The lowest BCUT2D eigenvalue weighted by Crippen LogP contribution is -2.37. The first-order valence-electron chi connectivity index (χ1n) is 9.42. The van der Waals surface area contributed by atoms with E-state index in [0.717, 1.165) is 32.1 Å². The first-order chi connectivity index (χ1) is 13.1. The third kappa shape index (κ3) is 7.18. The molecule has 0 saturated heterocycles. The van der Waals surface area contributed by atoms with Crippen molar-refractivity contribution < 1.29 is 42.0 Å². The van der Waals surface area contributed by atoms with Crippen LogP contribution >= 0.6 is 0 Å². The van der Waals surface area contributed by atoms with E-state index in [-0.39, 0.29) is 12.8 Å². The first-order valence-corrected chi connectivity index (χ1v) is 9.42. The molecule has 0 aromatic heterocycles. The zero-order valence-electron chi connectivity index (χ0n) is 15.8. The number of unbranched alkanes of at least 4 members (excludes halogenated alkanes) is 5. The van der Waals surface area contributed by atoms with Gasteiger partial charge in [-0.15, -0.1) is 0 Å². The van der Waals surface area contributed by atoms with Crippen LogP contribution in [0.4, 0.5) is 22.0 Å². The molecule has 162 valence electrons. The molecule has 4 nitrogen and oxygen atoms in total. The normalized spacial score (nSPS) is 13.0. The van der Waals surface area contributed by atoms with Crippen LogP contribution in [-0.2, 0) is 0 Å². The van der Waals surface area contributed by atoms with Crippen LogP contribution in [0.5, 0.6) is 5.75 Å². The lowest BCUT2D eigenvalue weighted by Gasteiger charge is -2.26. The van der Waals surface area contributed by atoms with Crippen molar-refractivity contribution in [1.29, 1.82) is 0 Å². The lowest BCUT2D eigenvalue weighted by molar-refractivity contribution is -0.344. The predicted octanol–water partition coefficient (Wildman–Crippen LogP) is 4.54. The fraction of sp³-hybridized carbons (Fsp3) is 0.684. The molecule has 1 rings (SSSR count). The molecular formula is C19H27F5O4. The Bertz CT molecular complexity index is 590. The number of hydrogen-bond acceptors (Lipinski definition) is 4. The van der Waals surface area contributed by atoms with Crippen molar-refractivity contribution in [3.63, 3.8) is 0 Å². The van der Waals surface area contributed by atoms with Crippen LogP contribution in [-0.4, -0.2) is 27.9 Å². The molecule has 0 fully saturated rings. The largest absolute Gasteiger partial charge is 0.487 e. The van der Waals surface area contributed by atoms with E-state index >= 15 is 0 Å². The van der Waals surface area contributed by atoms with Crippen molar-refractivity contribution in [1.82, 2.24) is 0 Å². The average molecular weight is 414 g/mol. The SMILES string of the molecule is CCCCCCCCC(CCCOc1c(F)c(F)c(F)c(F)c1F)C(O)(O)O. The third-order valence-corrected chi connectivity index (χ3v) is 4.57. The molecule has 1 atom stereocenters. The summed E-state index contributed by atoms with van der Waals surface area (Å²) < 4.78 is 70.9. The number of halogens is 5. The molecule has 3 N–H and O–H groups in total. The van der Waals surface area contributed by atoms with Gasteiger partial charge < -0.3 is 20.1 Å². The van der Waals surface area contributed by atoms with E-state index in [1.807, 2.05) is 0 Å². The van der Waals surface area contributed by atoms with Gasteiger partial charge in [-0.25, -0.2) is 13.2 Å². The second-order valence-corrected chi connectivity index (χ2v) is 6.83. The molecule has 1 aromatic carbocycles. The second kappa shape index (κ2) is 11.5. The van der Waals surface area contributed by atoms with Crippen molar-refractivity contribution >= 4 is 0 Å². The second-order valence-electron chi connectivity index (χ2n) is 6.83. The van der Waals surface area contributed by atoms with Crippen LogP contribution in [0.1, 0.15) is 64.7 Å². The average Bonchev–Trinajstić information content (AvgIpc) is 2.64. The highest BCUT2D eigenvalue weighted by Crippen LogP contribution is 2.30. The van der Waals surface area contributed by atoms with Crippen molar-refractivity contribution in [2.75, 3.05) is 6.61 Å².